The number of aromatic nitrogens is 1. The van der Waals surface area contributed by atoms with Crippen LogP contribution in [0.25, 0.3) is 0 Å². The van der Waals surface area contributed by atoms with Gasteiger partial charge in [-0.3, -0.25) is 0 Å². The number of rotatable bonds is 1. The van der Waals surface area contributed by atoms with Crippen molar-refractivity contribution in [1.29, 1.82) is 0 Å². The van der Waals surface area contributed by atoms with E-state index >= 15 is 0 Å². The van der Waals surface area contributed by atoms with E-state index in [1.54, 1.807) is 18.4 Å². The molecule has 9 heavy (non-hydrogen) atoms. The Morgan fingerprint density at radius 3 is 1.89 bits per heavy atom. The van der Waals surface area contributed by atoms with E-state index in [1.165, 1.54) is 0 Å². The summed E-state index contributed by atoms with van der Waals surface area (Å²) in [6.45, 7) is 3.49. The molecule has 0 spiro atoms. The number of hydrogen-bond donors (Lipinski definition) is 1. The molecule has 0 bridgehead atoms. The summed E-state index contributed by atoms with van der Waals surface area (Å²) in [6, 6.07) is 3.77. The van der Waals surface area contributed by atoms with Gasteiger partial charge in [0.25, 0.3) is 0 Å². The SMILES string of the molecule is CC(C)(O)n1cccc1. The third kappa shape index (κ3) is 1.33. The quantitative estimate of drug-likeness (QED) is 0.599. The summed E-state index contributed by atoms with van der Waals surface area (Å²) in [7, 11) is 0. The number of hydrogen-bond acceptors (Lipinski definition) is 1. The molecule has 0 radical (unpaired) electrons. The molecular weight excluding hydrogens is 114 g/mol. The topological polar surface area (TPSA) is 25.2 Å². The summed E-state index contributed by atoms with van der Waals surface area (Å²) in [5.41, 5.74) is -0.760. The zero-order valence-corrected chi connectivity index (χ0v) is 5.70. The van der Waals surface area contributed by atoms with E-state index in [4.69, 9.17) is 0 Å². The van der Waals surface area contributed by atoms with Crippen LogP contribution in [0.1, 0.15) is 13.8 Å². The summed E-state index contributed by atoms with van der Waals surface area (Å²) >= 11 is 0. The van der Waals surface area contributed by atoms with Crippen molar-refractivity contribution in [2.24, 2.45) is 0 Å². The third-order valence-corrected chi connectivity index (χ3v) is 1.24. The van der Waals surface area contributed by atoms with Gasteiger partial charge in [-0.05, 0) is 26.0 Å². The van der Waals surface area contributed by atoms with Crippen LogP contribution in [0.4, 0.5) is 0 Å². The lowest BCUT2D eigenvalue weighted by atomic mass is 10.3. The zero-order chi connectivity index (χ0) is 6.91. The van der Waals surface area contributed by atoms with Crippen LogP contribution >= 0.6 is 0 Å². The summed E-state index contributed by atoms with van der Waals surface area (Å²) in [6.07, 6.45) is 3.67. The molecule has 0 aromatic carbocycles. The van der Waals surface area contributed by atoms with Crippen LogP contribution in [0.15, 0.2) is 24.5 Å². The van der Waals surface area contributed by atoms with Gasteiger partial charge in [-0.2, -0.15) is 0 Å². The van der Waals surface area contributed by atoms with E-state index in [2.05, 4.69) is 0 Å². The zero-order valence-electron chi connectivity index (χ0n) is 5.70. The first-order valence-electron chi connectivity index (χ1n) is 2.96. The Morgan fingerprint density at radius 2 is 1.67 bits per heavy atom. The van der Waals surface area contributed by atoms with Crippen molar-refractivity contribution < 1.29 is 5.11 Å². The first kappa shape index (κ1) is 6.36. The first-order valence-corrected chi connectivity index (χ1v) is 2.96. The van der Waals surface area contributed by atoms with Crippen molar-refractivity contribution in [2.45, 2.75) is 19.6 Å². The molecule has 50 valence electrons. The molecule has 0 aliphatic rings. The molecule has 0 atom stereocenters. The Balaban J connectivity index is 2.90. The summed E-state index contributed by atoms with van der Waals surface area (Å²) in [5.74, 6) is 0. The van der Waals surface area contributed by atoms with E-state index in [-0.39, 0.29) is 0 Å². The second-order valence-electron chi connectivity index (χ2n) is 2.58. The maximum atomic E-state index is 9.34. The summed E-state index contributed by atoms with van der Waals surface area (Å²) < 4.78 is 1.74. The third-order valence-electron chi connectivity index (χ3n) is 1.24. The Kier molecular flexibility index (Phi) is 1.33. The normalized spacial score (nSPS) is 11.9. The van der Waals surface area contributed by atoms with Gasteiger partial charge in [-0.25, -0.2) is 0 Å². The second kappa shape index (κ2) is 1.88. The molecule has 0 aliphatic carbocycles. The van der Waals surface area contributed by atoms with Crippen molar-refractivity contribution >= 4 is 0 Å². The fourth-order valence-electron chi connectivity index (χ4n) is 0.699. The molecule has 0 amide bonds. The Labute approximate surface area is 54.7 Å². The summed E-state index contributed by atoms with van der Waals surface area (Å²) in [4.78, 5) is 0. The van der Waals surface area contributed by atoms with Crippen LogP contribution in [-0.4, -0.2) is 9.67 Å². The van der Waals surface area contributed by atoms with Crippen LogP contribution in [-0.2, 0) is 5.72 Å². The molecule has 0 saturated heterocycles. The minimum absolute atomic E-state index is 0.760. The van der Waals surface area contributed by atoms with Crippen LogP contribution in [0.2, 0.25) is 0 Å². The van der Waals surface area contributed by atoms with Crippen LogP contribution in [0, 0.1) is 0 Å². The highest BCUT2D eigenvalue weighted by atomic mass is 16.3. The van der Waals surface area contributed by atoms with E-state index < -0.39 is 5.72 Å². The van der Waals surface area contributed by atoms with Crippen LogP contribution in [0.5, 0.6) is 0 Å². The van der Waals surface area contributed by atoms with Gasteiger partial charge in [0.2, 0.25) is 0 Å². The van der Waals surface area contributed by atoms with Gasteiger partial charge < -0.3 is 9.67 Å². The van der Waals surface area contributed by atoms with E-state index in [0.29, 0.717) is 0 Å². The second-order valence-corrected chi connectivity index (χ2v) is 2.58. The molecule has 0 aliphatic heterocycles. The van der Waals surface area contributed by atoms with E-state index in [0.717, 1.165) is 0 Å². The van der Waals surface area contributed by atoms with Gasteiger partial charge in [0, 0.05) is 12.4 Å². The lowest BCUT2D eigenvalue weighted by Gasteiger charge is -2.18. The van der Waals surface area contributed by atoms with Crippen LogP contribution < -0.4 is 0 Å². The average Bonchev–Trinajstić information content (AvgIpc) is 2.08. The van der Waals surface area contributed by atoms with E-state index in [9.17, 15) is 5.11 Å². The molecule has 0 fully saturated rings. The Hall–Kier alpha value is -0.760. The van der Waals surface area contributed by atoms with Crippen molar-refractivity contribution in [2.75, 3.05) is 0 Å². The standard InChI is InChI=1S/C7H11NO/c1-7(2,9)8-5-3-4-6-8/h3-6,9H,1-2H3. The van der Waals surface area contributed by atoms with Crippen molar-refractivity contribution in [3.05, 3.63) is 24.5 Å². The maximum Gasteiger partial charge on any atom is 0.135 e. The highest BCUT2D eigenvalue weighted by Crippen LogP contribution is 2.08. The number of aliphatic hydroxyl groups is 1. The smallest absolute Gasteiger partial charge is 0.135 e. The highest BCUT2D eigenvalue weighted by Gasteiger charge is 2.11. The molecule has 1 heterocycles. The molecule has 1 rings (SSSR count). The molecule has 1 N–H and O–H groups in total. The first-order chi connectivity index (χ1) is 4.11. The Morgan fingerprint density at radius 1 is 1.22 bits per heavy atom. The monoisotopic (exact) mass is 125 g/mol. The average molecular weight is 125 g/mol. The maximum absolute atomic E-state index is 9.34. The number of nitrogens with zero attached hydrogens (tertiary/aromatic N) is 1. The largest absolute Gasteiger partial charge is 0.371 e. The minimum atomic E-state index is -0.760. The van der Waals surface area contributed by atoms with Crippen molar-refractivity contribution in [3.8, 4) is 0 Å². The predicted octanol–water partition coefficient (Wildman–Crippen LogP) is 1.17. The van der Waals surface area contributed by atoms with E-state index in [1.807, 2.05) is 24.5 Å². The molecule has 1 aromatic rings. The molecular formula is C7H11NO. The highest BCUT2D eigenvalue weighted by molar-refractivity contribution is 4.93. The van der Waals surface area contributed by atoms with Gasteiger partial charge in [0.1, 0.15) is 5.72 Å². The fourth-order valence-corrected chi connectivity index (χ4v) is 0.699. The van der Waals surface area contributed by atoms with Gasteiger partial charge in [-0.1, -0.05) is 0 Å². The lowest BCUT2D eigenvalue weighted by molar-refractivity contribution is 0.00212. The summed E-state index contributed by atoms with van der Waals surface area (Å²) in [5, 5.41) is 9.34. The van der Waals surface area contributed by atoms with Gasteiger partial charge in [-0.15, -0.1) is 0 Å². The fraction of sp³-hybridized carbons (Fsp3) is 0.429. The van der Waals surface area contributed by atoms with Crippen molar-refractivity contribution in [1.82, 2.24) is 4.57 Å². The van der Waals surface area contributed by atoms with Crippen LogP contribution in [0.3, 0.4) is 0 Å². The lowest BCUT2D eigenvalue weighted by Crippen LogP contribution is -2.23. The molecule has 0 saturated carbocycles. The van der Waals surface area contributed by atoms with Gasteiger partial charge in [0.15, 0.2) is 0 Å². The molecule has 2 heteroatoms. The molecule has 2 nitrogen and oxygen atoms in total. The predicted molar refractivity (Wildman–Crippen MR) is 36.0 cm³/mol. The van der Waals surface area contributed by atoms with Gasteiger partial charge >= 0.3 is 0 Å². The minimum Gasteiger partial charge on any atom is -0.371 e. The Bertz CT molecular complexity index is 171. The molecule has 1 aromatic heterocycles. The van der Waals surface area contributed by atoms with Gasteiger partial charge in [0.05, 0.1) is 0 Å². The van der Waals surface area contributed by atoms with Crippen molar-refractivity contribution in [3.63, 3.8) is 0 Å². The molecule has 0 unspecified atom stereocenters.